The summed E-state index contributed by atoms with van der Waals surface area (Å²) in [5, 5.41) is 0.662. The molecular weight excluding hydrogens is 252 g/mol. The maximum Gasteiger partial charge on any atom is 0.411 e. The minimum atomic E-state index is -0.523. The van der Waals surface area contributed by atoms with E-state index in [1.165, 1.54) is 4.90 Å². The van der Waals surface area contributed by atoms with Crippen molar-refractivity contribution in [3.8, 4) is 0 Å². The van der Waals surface area contributed by atoms with E-state index in [0.717, 1.165) is 5.56 Å². The monoisotopic (exact) mass is 270 g/mol. The van der Waals surface area contributed by atoms with E-state index in [9.17, 15) is 4.79 Å². The van der Waals surface area contributed by atoms with Crippen LogP contribution in [0.3, 0.4) is 0 Å². The third-order valence-corrected chi connectivity index (χ3v) is 2.41. The number of benzene rings is 1. The molecule has 0 aromatic heterocycles. The molecule has 0 heterocycles. The molecule has 5 heteroatoms. The molecule has 0 unspecified atom stereocenters. The second-order valence-electron chi connectivity index (χ2n) is 4.99. The molecule has 4 nitrogen and oxygen atoms in total. The van der Waals surface area contributed by atoms with Crippen LogP contribution in [0.25, 0.3) is 0 Å². The van der Waals surface area contributed by atoms with E-state index in [1.54, 1.807) is 12.1 Å². The Morgan fingerprint density at radius 2 is 1.89 bits per heavy atom. The highest BCUT2D eigenvalue weighted by Gasteiger charge is 2.21. The second kappa shape index (κ2) is 6.07. The van der Waals surface area contributed by atoms with Crippen LogP contribution in [-0.2, 0) is 11.3 Å². The predicted molar refractivity (Wildman–Crippen MR) is 72.3 cm³/mol. The minimum absolute atomic E-state index is 0.109. The van der Waals surface area contributed by atoms with Crippen molar-refractivity contribution in [2.75, 3.05) is 6.67 Å². The van der Waals surface area contributed by atoms with Crippen molar-refractivity contribution >= 4 is 17.7 Å². The van der Waals surface area contributed by atoms with Gasteiger partial charge in [0.25, 0.3) is 0 Å². The molecule has 1 rings (SSSR count). The number of hydrogen-bond acceptors (Lipinski definition) is 3. The van der Waals surface area contributed by atoms with Crippen molar-refractivity contribution < 1.29 is 9.53 Å². The Morgan fingerprint density at radius 1 is 1.33 bits per heavy atom. The van der Waals surface area contributed by atoms with Crippen molar-refractivity contribution in [2.24, 2.45) is 5.73 Å². The van der Waals surface area contributed by atoms with Gasteiger partial charge in [-0.15, -0.1) is 0 Å². The zero-order valence-electron chi connectivity index (χ0n) is 10.9. The van der Waals surface area contributed by atoms with Gasteiger partial charge in [-0.05, 0) is 38.5 Å². The fourth-order valence-electron chi connectivity index (χ4n) is 1.34. The van der Waals surface area contributed by atoms with Gasteiger partial charge in [0.05, 0.1) is 13.2 Å². The summed E-state index contributed by atoms with van der Waals surface area (Å²) in [6.45, 7) is 5.98. The number of hydrogen-bond donors (Lipinski definition) is 1. The van der Waals surface area contributed by atoms with Gasteiger partial charge in [-0.1, -0.05) is 23.7 Å². The van der Waals surface area contributed by atoms with Gasteiger partial charge in [0, 0.05) is 5.02 Å². The first-order valence-corrected chi connectivity index (χ1v) is 6.12. The number of ether oxygens (including phenoxy) is 1. The number of nitrogens with two attached hydrogens (primary N) is 1. The summed E-state index contributed by atoms with van der Waals surface area (Å²) < 4.78 is 5.27. The van der Waals surface area contributed by atoms with Gasteiger partial charge in [0.2, 0.25) is 0 Å². The number of carbonyl (C=O) groups excluding carboxylic acids is 1. The zero-order valence-corrected chi connectivity index (χ0v) is 11.7. The standard InChI is InChI=1S/C13H19ClN2O2/c1-13(2,3)18-12(17)16(9-15)8-10-4-6-11(14)7-5-10/h4-7H,8-9,15H2,1-3H3. The molecule has 0 radical (unpaired) electrons. The molecule has 0 spiro atoms. The van der Waals surface area contributed by atoms with Crippen molar-refractivity contribution in [3.05, 3.63) is 34.9 Å². The first kappa shape index (κ1) is 14.8. The summed E-state index contributed by atoms with van der Waals surface area (Å²) in [5.41, 5.74) is 6.00. The Hall–Kier alpha value is -1.26. The van der Waals surface area contributed by atoms with Gasteiger partial charge in [-0.25, -0.2) is 4.79 Å². The van der Waals surface area contributed by atoms with E-state index >= 15 is 0 Å². The van der Waals surface area contributed by atoms with Gasteiger partial charge < -0.3 is 10.5 Å². The normalized spacial score (nSPS) is 11.2. The van der Waals surface area contributed by atoms with Gasteiger partial charge >= 0.3 is 6.09 Å². The molecule has 100 valence electrons. The van der Waals surface area contributed by atoms with Crippen LogP contribution in [0.4, 0.5) is 4.79 Å². The Morgan fingerprint density at radius 3 is 2.33 bits per heavy atom. The van der Waals surface area contributed by atoms with Crippen LogP contribution in [-0.4, -0.2) is 23.3 Å². The van der Waals surface area contributed by atoms with Crippen molar-refractivity contribution in [1.29, 1.82) is 0 Å². The first-order chi connectivity index (χ1) is 8.31. The summed E-state index contributed by atoms with van der Waals surface area (Å²) >= 11 is 5.80. The largest absolute Gasteiger partial charge is 0.444 e. The lowest BCUT2D eigenvalue weighted by molar-refractivity contribution is 0.0239. The highest BCUT2D eigenvalue weighted by atomic mass is 35.5. The maximum atomic E-state index is 11.9. The summed E-state index contributed by atoms with van der Waals surface area (Å²) in [7, 11) is 0. The van der Waals surface area contributed by atoms with Gasteiger partial charge in [0.15, 0.2) is 0 Å². The van der Waals surface area contributed by atoms with Crippen molar-refractivity contribution in [1.82, 2.24) is 4.90 Å². The predicted octanol–water partition coefficient (Wildman–Crippen LogP) is 2.99. The number of amides is 1. The molecular formula is C13H19ClN2O2. The minimum Gasteiger partial charge on any atom is -0.444 e. The van der Waals surface area contributed by atoms with Crippen LogP contribution in [0.15, 0.2) is 24.3 Å². The van der Waals surface area contributed by atoms with Crippen LogP contribution < -0.4 is 5.73 Å². The third kappa shape index (κ3) is 4.94. The highest BCUT2D eigenvalue weighted by molar-refractivity contribution is 6.30. The van der Waals surface area contributed by atoms with Crippen LogP contribution >= 0.6 is 11.6 Å². The fraction of sp³-hybridized carbons (Fsp3) is 0.462. The molecule has 1 aromatic rings. The summed E-state index contributed by atoms with van der Waals surface area (Å²) in [6.07, 6.45) is -0.417. The highest BCUT2D eigenvalue weighted by Crippen LogP contribution is 2.14. The van der Waals surface area contributed by atoms with E-state index in [-0.39, 0.29) is 6.67 Å². The molecule has 1 aromatic carbocycles. The molecule has 1 amide bonds. The van der Waals surface area contributed by atoms with E-state index in [4.69, 9.17) is 22.1 Å². The second-order valence-corrected chi connectivity index (χ2v) is 5.42. The average molecular weight is 271 g/mol. The lowest BCUT2D eigenvalue weighted by Gasteiger charge is -2.26. The zero-order chi connectivity index (χ0) is 13.8. The number of halogens is 1. The Labute approximate surface area is 113 Å². The molecule has 18 heavy (non-hydrogen) atoms. The van der Waals surface area contributed by atoms with Gasteiger partial charge in [0.1, 0.15) is 5.60 Å². The van der Waals surface area contributed by atoms with Gasteiger partial charge in [-0.2, -0.15) is 0 Å². The maximum absolute atomic E-state index is 11.9. The first-order valence-electron chi connectivity index (χ1n) is 5.74. The molecule has 2 N–H and O–H groups in total. The van der Waals surface area contributed by atoms with E-state index < -0.39 is 11.7 Å². The van der Waals surface area contributed by atoms with Crippen LogP contribution in [0.1, 0.15) is 26.3 Å². The van der Waals surface area contributed by atoms with Crippen LogP contribution in [0, 0.1) is 0 Å². The fourth-order valence-corrected chi connectivity index (χ4v) is 1.47. The molecule has 0 saturated carbocycles. The summed E-state index contributed by atoms with van der Waals surface area (Å²) in [6, 6.07) is 7.27. The van der Waals surface area contributed by atoms with E-state index in [1.807, 2.05) is 32.9 Å². The lowest BCUT2D eigenvalue weighted by Crippen LogP contribution is -2.39. The molecule has 0 aliphatic carbocycles. The van der Waals surface area contributed by atoms with E-state index in [0.29, 0.717) is 11.6 Å². The quantitative estimate of drug-likeness (QED) is 0.859. The number of nitrogens with zero attached hydrogens (tertiary/aromatic N) is 1. The van der Waals surface area contributed by atoms with E-state index in [2.05, 4.69) is 0 Å². The van der Waals surface area contributed by atoms with Crippen molar-refractivity contribution in [2.45, 2.75) is 32.9 Å². The molecule has 0 atom stereocenters. The Balaban J connectivity index is 2.67. The lowest BCUT2D eigenvalue weighted by atomic mass is 10.2. The number of rotatable bonds is 3. The average Bonchev–Trinajstić information content (AvgIpc) is 2.25. The topological polar surface area (TPSA) is 55.6 Å². The smallest absolute Gasteiger partial charge is 0.411 e. The molecule has 0 saturated heterocycles. The molecule has 0 aliphatic heterocycles. The van der Waals surface area contributed by atoms with Crippen LogP contribution in [0.5, 0.6) is 0 Å². The Kier molecular flexibility index (Phi) is 4.99. The van der Waals surface area contributed by atoms with Gasteiger partial charge in [-0.3, -0.25) is 4.90 Å². The van der Waals surface area contributed by atoms with Crippen molar-refractivity contribution in [3.63, 3.8) is 0 Å². The van der Waals surface area contributed by atoms with Crippen LogP contribution in [0.2, 0.25) is 5.02 Å². The SMILES string of the molecule is CC(C)(C)OC(=O)N(CN)Cc1ccc(Cl)cc1. The third-order valence-electron chi connectivity index (χ3n) is 2.16. The summed E-state index contributed by atoms with van der Waals surface area (Å²) in [5.74, 6) is 0. The molecule has 0 bridgehead atoms. The molecule has 0 fully saturated rings. The molecule has 0 aliphatic rings. The summed E-state index contributed by atoms with van der Waals surface area (Å²) in [4.78, 5) is 13.3. The number of carbonyl (C=O) groups is 1. The Bertz CT molecular complexity index is 398.